The van der Waals surface area contributed by atoms with E-state index in [-0.39, 0.29) is 0 Å². The molecule has 2 rings (SSSR count). The number of thiazole rings is 1. The largest absolute Gasteiger partial charge is 0.493 e. The van der Waals surface area contributed by atoms with Crippen LogP contribution in [0.15, 0.2) is 23.6 Å². The molecule has 1 aromatic heterocycles. The van der Waals surface area contributed by atoms with Crippen molar-refractivity contribution in [2.24, 2.45) is 5.73 Å². The lowest BCUT2D eigenvalue weighted by Crippen LogP contribution is -2.01. The Bertz CT molecular complexity index is 525. The van der Waals surface area contributed by atoms with Gasteiger partial charge in [0.1, 0.15) is 11.6 Å². The number of nitrogens with two attached hydrogens (primary N) is 1. The number of hydrogen-bond donors (Lipinski definition) is 1. The number of ether oxygens (including phenoxy) is 2. The third-order valence-corrected chi connectivity index (χ3v) is 3.42. The van der Waals surface area contributed by atoms with Crippen LogP contribution in [-0.2, 0) is 13.2 Å². The molecule has 0 amide bonds. The van der Waals surface area contributed by atoms with E-state index in [4.69, 9.17) is 15.2 Å². The number of nitrogens with zero attached hydrogens (tertiary/aromatic N) is 1. The summed E-state index contributed by atoms with van der Waals surface area (Å²) in [5, 5.41) is 2.96. The Balaban J connectivity index is 2.11. The van der Waals surface area contributed by atoms with Gasteiger partial charge in [0.15, 0.2) is 11.5 Å². The van der Waals surface area contributed by atoms with Gasteiger partial charge in [0, 0.05) is 17.6 Å². The van der Waals surface area contributed by atoms with Crippen LogP contribution in [0.4, 0.5) is 0 Å². The molecule has 1 aromatic carbocycles. The second-order valence-electron chi connectivity index (χ2n) is 3.86. The number of hydrogen-bond acceptors (Lipinski definition) is 5. The summed E-state index contributed by atoms with van der Waals surface area (Å²) in [5.74, 6) is 1.41. The van der Waals surface area contributed by atoms with Crippen LogP contribution in [0.5, 0.6) is 11.5 Å². The lowest BCUT2D eigenvalue weighted by molar-refractivity contribution is 0.283. The van der Waals surface area contributed by atoms with Gasteiger partial charge >= 0.3 is 0 Å². The Morgan fingerprint density at radius 1 is 1.33 bits per heavy atom. The van der Waals surface area contributed by atoms with Crippen molar-refractivity contribution in [2.45, 2.75) is 20.1 Å². The molecule has 5 heteroatoms. The van der Waals surface area contributed by atoms with E-state index < -0.39 is 0 Å². The molecule has 1 heterocycles. The minimum atomic E-state index is 0.447. The zero-order chi connectivity index (χ0) is 13.0. The zero-order valence-corrected chi connectivity index (χ0v) is 11.3. The molecule has 0 bridgehead atoms. The number of methoxy groups -OCH3 is 1. The molecule has 0 saturated heterocycles. The van der Waals surface area contributed by atoms with Crippen LogP contribution in [0.2, 0.25) is 0 Å². The summed E-state index contributed by atoms with van der Waals surface area (Å²) >= 11 is 1.59. The molecule has 2 aromatic rings. The molecule has 18 heavy (non-hydrogen) atoms. The van der Waals surface area contributed by atoms with Crippen molar-refractivity contribution in [3.63, 3.8) is 0 Å². The molecule has 0 unspecified atom stereocenters. The Morgan fingerprint density at radius 2 is 2.17 bits per heavy atom. The molecule has 0 aliphatic rings. The summed E-state index contributed by atoms with van der Waals surface area (Å²) in [6, 6.07) is 5.70. The number of aromatic nitrogens is 1. The summed E-state index contributed by atoms with van der Waals surface area (Å²) in [6.07, 6.45) is 0. The predicted molar refractivity (Wildman–Crippen MR) is 72.1 cm³/mol. The minimum Gasteiger partial charge on any atom is -0.493 e. The van der Waals surface area contributed by atoms with Gasteiger partial charge in [-0.3, -0.25) is 0 Å². The van der Waals surface area contributed by atoms with E-state index in [1.54, 1.807) is 18.4 Å². The first-order valence-electron chi connectivity index (χ1n) is 5.63. The van der Waals surface area contributed by atoms with Crippen molar-refractivity contribution in [1.29, 1.82) is 0 Å². The summed E-state index contributed by atoms with van der Waals surface area (Å²) in [4.78, 5) is 4.35. The average Bonchev–Trinajstić information content (AvgIpc) is 2.81. The van der Waals surface area contributed by atoms with E-state index in [0.717, 1.165) is 16.3 Å². The highest BCUT2D eigenvalue weighted by molar-refractivity contribution is 7.09. The summed E-state index contributed by atoms with van der Waals surface area (Å²) in [6.45, 7) is 2.90. The molecule has 0 radical (unpaired) electrons. The van der Waals surface area contributed by atoms with Gasteiger partial charge in [0.2, 0.25) is 0 Å². The van der Waals surface area contributed by atoms with Gasteiger partial charge in [-0.05, 0) is 24.6 Å². The molecule has 96 valence electrons. The molecule has 0 aliphatic carbocycles. The third-order valence-electron chi connectivity index (χ3n) is 2.48. The van der Waals surface area contributed by atoms with Crippen molar-refractivity contribution in [2.75, 3.05) is 7.11 Å². The normalized spacial score (nSPS) is 10.4. The van der Waals surface area contributed by atoms with E-state index in [9.17, 15) is 0 Å². The second-order valence-corrected chi connectivity index (χ2v) is 4.80. The van der Waals surface area contributed by atoms with Crippen LogP contribution >= 0.6 is 11.3 Å². The fourth-order valence-corrected chi connectivity index (χ4v) is 2.25. The van der Waals surface area contributed by atoms with Crippen molar-refractivity contribution in [1.82, 2.24) is 4.98 Å². The lowest BCUT2D eigenvalue weighted by Gasteiger charge is -2.10. The van der Waals surface area contributed by atoms with Crippen LogP contribution in [0.1, 0.15) is 16.3 Å². The first-order chi connectivity index (χ1) is 8.72. The average molecular weight is 264 g/mol. The first-order valence-corrected chi connectivity index (χ1v) is 6.51. The van der Waals surface area contributed by atoms with Crippen molar-refractivity contribution < 1.29 is 9.47 Å². The van der Waals surface area contributed by atoms with Crippen molar-refractivity contribution in [3.05, 3.63) is 39.8 Å². The van der Waals surface area contributed by atoms with Gasteiger partial charge in [-0.1, -0.05) is 6.07 Å². The van der Waals surface area contributed by atoms with Gasteiger partial charge in [0.25, 0.3) is 0 Å². The van der Waals surface area contributed by atoms with Gasteiger partial charge < -0.3 is 15.2 Å². The summed E-state index contributed by atoms with van der Waals surface area (Å²) in [5.41, 5.74) is 7.64. The lowest BCUT2D eigenvalue weighted by atomic mass is 10.2. The minimum absolute atomic E-state index is 0.447. The van der Waals surface area contributed by atoms with Gasteiger partial charge in [-0.15, -0.1) is 11.3 Å². The molecule has 0 fully saturated rings. The van der Waals surface area contributed by atoms with E-state index in [1.807, 2.05) is 30.5 Å². The first kappa shape index (κ1) is 12.9. The second kappa shape index (κ2) is 5.84. The van der Waals surface area contributed by atoms with Crippen LogP contribution in [0.3, 0.4) is 0 Å². The SMILES string of the molecule is COc1ccc(CN)cc1OCc1nc(C)cs1. The maximum Gasteiger partial charge on any atom is 0.162 e. The fraction of sp³-hybridized carbons (Fsp3) is 0.308. The number of rotatable bonds is 5. The highest BCUT2D eigenvalue weighted by Crippen LogP contribution is 2.29. The van der Waals surface area contributed by atoms with Crippen molar-refractivity contribution >= 4 is 11.3 Å². The van der Waals surface area contributed by atoms with E-state index in [2.05, 4.69) is 4.98 Å². The molecule has 0 atom stereocenters. The van der Waals surface area contributed by atoms with Gasteiger partial charge in [-0.25, -0.2) is 4.98 Å². The fourth-order valence-electron chi connectivity index (χ4n) is 1.57. The Kier molecular flexibility index (Phi) is 4.17. The molecular weight excluding hydrogens is 248 g/mol. The molecule has 0 aliphatic heterocycles. The van der Waals surface area contributed by atoms with Crippen LogP contribution in [0.25, 0.3) is 0 Å². The van der Waals surface area contributed by atoms with Crippen LogP contribution in [0, 0.1) is 6.92 Å². The van der Waals surface area contributed by atoms with Crippen molar-refractivity contribution in [3.8, 4) is 11.5 Å². The molecule has 0 saturated carbocycles. The van der Waals surface area contributed by atoms with Gasteiger partial charge in [-0.2, -0.15) is 0 Å². The quantitative estimate of drug-likeness (QED) is 0.901. The molecular formula is C13H16N2O2S. The highest BCUT2D eigenvalue weighted by Gasteiger charge is 2.07. The zero-order valence-electron chi connectivity index (χ0n) is 10.5. The molecule has 2 N–H and O–H groups in total. The smallest absolute Gasteiger partial charge is 0.162 e. The molecule has 4 nitrogen and oxygen atoms in total. The summed E-state index contributed by atoms with van der Waals surface area (Å²) in [7, 11) is 1.62. The predicted octanol–water partition coefficient (Wildman–Crippen LogP) is 2.50. The topological polar surface area (TPSA) is 57.4 Å². The van der Waals surface area contributed by atoms with Crippen LogP contribution < -0.4 is 15.2 Å². The Hall–Kier alpha value is -1.59. The highest BCUT2D eigenvalue weighted by atomic mass is 32.1. The van der Waals surface area contributed by atoms with E-state index in [1.165, 1.54) is 0 Å². The van der Waals surface area contributed by atoms with Crippen LogP contribution in [-0.4, -0.2) is 12.1 Å². The maximum atomic E-state index is 5.74. The number of benzene rings is 1. The molecule has 0 spiro atoms. The third kappa shape index (κ3) is 3.00. The van der Waals surface area contributed by atoms with E-state index >= 15 is 0 Å². The Morgan fingerprint density at radius 3 is 2.78 bits per heavy atom. The maximum absolute atomic E-state index is 5.74. The standard InChI is InChI=1S/C13H16N2O2S/c1-9-8-18-13(15-9)7-17-12-5-10(6-14)3-4-11(12)16-2/h3-5,8H,6-7,14H2,1-2H3. The number of aryl methyl sites for hydroxylation is 1. The Labute approximate surface area is 110 Å². The summed E-state index contributed by atoms with van der Waals surface area (Å²) < 4.78 is 11.0. The monoisotopic (exact) mass is 264 g/mol. The van der Waals surface area contributed by atoms with E-state index in [0.29, 0.717) is 24.7 Å². The van der Waals surface area contributed by atoms with Gasteiger partial charge in [0.05, 0.1) is 7.11 Å².